The highest BCUT2D eigenvalue weighted by Crippen LogP contribution is 2.31. The number of nitrogens with zero attached hydrogens (tertiary/aromatic N) is 3. The van der Waals surface area contributed by atoms with E-state index >= 15 is 0 Å². The molecule has 0 radical (unpaired) electrons. The number of carbonyl (C=O) groups is 1. The second-order valence-electron chi connectivity index (χ2n) is 8.61. The van der Waals surface area contributed by atoms with Crippen LogP contribution in [-0.4, -0.2) is 41.6 Å². The topological polar surface area (TPSA) is 48.5 Å². The molecule has 1 aromatic rings. The van der Waals surface area contributed by atoms with E-state index in [-0.39, 0.29) is 11.4 Å². The van der Waals surface area contributed by atoms with E-state index in [4.69, 9.17) is 0 Å². The maximum Gasteiger partial charge on any atom is 0.322 e. The van der Waals surface area contributed by atoms with Crippen LogP contribution >= 0.6 is 0 Å². The molecule has 5 nitrogen and oxygen atoms in total. The maximum atomic E-state index is 12.9. The number of aromatic nitrogens is 1. The van der Waals surface area contributed by atoms with E-state index in [1.54, 1.807) is 0 Å². The highest BCUT2D eigenvalue weighted by atomic mass is 16.2. The van der Waals surface area contributed by atoms with Crippen molar-refractivity contribution in [3.05, 3.63) is 18.3 Å². The predicted molar refractivity (Wildman–Crippen MR) is 103 cm³/mol. The summed E-state index contributed by atoms with van der Waals surface area (Å²) in [6.45, 7) is 9.64. The fourth-order valence-corrected chi connectivity index (χ4v) is 4.06. The second kappa shape index (κ2) is 7.63. The van der Waals surface area contributed by atoms with Gasteiger partial charge in [0, 0.05) is 31.9 Å². The Labute approximate surface area is 151 Å². The van der Waals surface area contributed by atoms with Crippen molar-refractivity contribution < 1.29 is 4.79 Å². The monoisotopic (exact) mass is 344 g/mol. The predicted octanol–water partition coefficient (Wildman–Crippen LogP) is 4.50. The van der Waals surface area contributed by atoms with Crippen LogP contribution in [0.5, 0.6) is 0 Å². The smallest absolute Gasteiger partial charge is 0.322 e. The molecule has 25 heavy (non-hydrogen) atoms. The number of carbonyl (C=O) groups excluding carboxylic acids is 1. The van der Waals surface area contributed by atoms with Crippen LogP contribution in [0.4, 0.5) is 16.3 Å². The minimum Gasteiger partial charge on any atom is -0.355 e. The number of nitrogens with one attached hydrogen (secondary N) is 1. The average Bonchev–Trinajstić information content (AvgIpc) is 3.02. The number of piperidine rings is 1. The van der Waals surface area contributed by atoms with E-state index in [0.717, 1.165) is 50.4 Å². The van der Waals surface area contributed by atoms with Gasteiger partial charge in [-0.1, -0.05) is 20.8 Å². The molecule has 0 aliphatic carbocycles. The third-order valence-corrected chi connectivity index (χ3v) is 5.17. The number of pyridine rings is 1. The van der Waals surface area contributed by atoms with Crippen molar-refractivity contribution in [2.24, 2.45) is 5.41 Å². The van der Waals surface area contributed by atoms with Crippen LogP contribution in [0.2, 0.25) is 0 Å². The summed E-state index contributed by atoms with van der Waals surface area (Å²) in [6, 6.07) is 4.25. The first-order valence-corrected chi connectivity index (χ1v) is 9.72. The van der Waals surface area contributed by atoms with Gasteiger partial charge in [0.25, 0.3) is 0 Å². The number of likely N-dealkylation sites (tertiary alicyclic amines) is 1. The number of anilines is 2. The van der Waals surface area contributed by atoms with Crippen LogP contribution in [0.1, 0.15) is 59.3 Å². The van der Waals surface area contributed by atoms with Crippen LogP contribution in [0.3, 0.4) is 0 Å². The highest BCUT2D eigenvalue weighted by molar-refractivity contribution is 5.92. The van der Waals surface area contributed by atoms with Gasteiger partial charge < -0.3 is 15.1 Å². The lowest BCUT2D eigenvalue weighted by Crippen LogP contribution is -2.41. The van der Waals surface area contributed by atoms with Crippen LogP contribution in [-0.2, 0) is 0 Å². The number of hydrogen-bond donors (Lipinski definition) is 1. The highest BCUT2D eigenvalue weighted by Gasteiger charge is 2.32. The van der Waals surface area contributed by atoms with E-state index < -0.39 is 0 Å². The van der Waals surface area contributed by atoms with Crippen LogP contribution < -0.4 is 10.2 Å². The molecule has 0 saturated carbocycles. The van der Waals surface area contributed by atoms with Gasteiger partial charge in [-0.15, -0.1) is 0 Å². The van der Waals surface area contributed by atoms with Crippen molar-refractivity contribution >= 4 is 17.5 Å². The Morgan fingerprint density at radius 3 is 2.68 bits per heavy atom. The molecule has 0 bridgehead atoms. The molecule has 0 aromatic carbocycles. The van der Waals surface area contributed by atoms with Crippen molar-refractivity contribution in [2.75, 3.05) is 29.9 Å². The van der Waals surface area contributed by atoms with Crippen LogP contribution in [0, 0.1) is 5.41 Å². The zero-order chi connectivity index (χ0) is 17.9. The Morgan fingerprint density at radius 2 is 1.96 bits per heavy atom. The third kappa shape index (κ3) is 4.65. The molecule has 2 aliphatic rings. The standard InChI is InChI=1S/C20H32N4O/c1-20(2,3)15-16-9-8-14-24(16)19(25)22-17-10-7-11-21-18(17)23-12-5-4-6-13-23/h7,10-11,16H,4-6,8-9,12-15H2,1-3H3,(H,22,25)/t16-/m0/s1. The lowest BCUT2D eigenvalue weighted by atomic mass is 9.87. The summed E-state index contributed by atoms with van der Waals surface area (Å²) in [5.41, 5.74) is 1.08. The third-order valence-electron chi connectivity index (χ3n) is 5.17. The Hall–Kier alpha value is -1.78. The first kappa shape index (κ1) is 18.0. The maximum absolute atomic E-state index is 12.9. The van der Waals surface area contributed by atoms with E-state index in [2.05, 4.69) is 36.0 Å². The largest absolute Gasteiger partial charge is 0.355 e. The molecule has 1 aromatic heterocycles. The van der Waals surface area contributed by atoms with Crippen LogP contribution in [0.25, 0.3) is 0 Å². The van der Waals surface area contributed by atoms with E-state index in [0.29, 0.717) is 6.04 Å². The first-order valence-electron chi connectivity index (χ1n) is 9.72. The van der Waals surface area contributed by atoms with Gasteiger partial charge in [0.15, 0.2) is 5.82 Å². The van der Waals surface area contributed by atoms with Crippen molar-refractivity contribution in [2.45, 2.75) is 65.3 Å². The second-order valence-corrected chi connectivity index (χ2v) is 8.61. The summed E-state index contributed by atoms with van der Waals surface area (Å²) in [4.78, 5) is 21.8. The molecule has 3 heterocycles. The van der Waals surface area contributed by atoms with Gasteiger partial charge in [-0.05, 0) is 56.1 Å². The van der Waals surface area contributed by atoms with Crippen molar-refractivity contribution in [1.82, 2.24) is 9.88 Å². The average molecular weight is 345 g/mol. The zero-order valence-corrected chi connectivity index (χ0v) is 15.9. The Balaban J connectivity index is 1.70. The minimum atomic E-state index is 0.0259. The van der Waals surface area contributed by atoms with Gasteiger partial charge in [-0.25, -0.2) is 9.78 Å². The minimum absolute atomic E-state index is 0.0259. The summed E-state index contributed by atoms with van der Waals surface area (Å²) in [7, 11) is 0. The molecule has 138 valence electrons. The Bertz CT molecular complexity index is 590. The molecule has 2 aliphatic heterocycles. The molecule has 1 atom stereocenters. The fraction of sp³-hybridized carbons (Fsp3) is 0.700. The summed E-state index contributed by atoms with van der Waals surface area (Å²) < 4.78 is 0. The summed E-state index contributed by atoms with van der Waals surface area (Å²) >= 11 is 0. The molecule has 0 spiro atoms. The number of urea groups is 1. The molecule has 3 rings (SSSR count). The lowest BCUT2D eigenvalue weighted by Gasteiger charge is -2.32. The first-order chi connectivity index (χ1) is 11.9. The fourth-order valence-electron chi connectivity index (χ4n) is 4.06. The summed E-state index contributed by atoms with van der Waals surface area (Å²) in [6.07, 6.45) is 8.75. The Morgan fingerprint density at radius 1 is 1.20 bits per heavy atom. The summed E-state index contributed by atoms with van der Waals surface area (Å²) in [5.74, 6) is 0.919. The normalized spacial score (nSPS) is 21.5. The number of amides is 2. The molecular weight excluding hydrogens is 312 g/mol. The van der Waals surface area contributed by atoms with Gasteiger partial charge >= 0.3 is 6.03 Å². The van der Waals surface area contributed by atoms with Gasteiger partial charge in [0.05, 0.1) is 5.69 Å². The number of hydrogen-bond acceptors (Lipinski definition) is 3. The SMILES string of the molecule is CC(C)(C)C[C@@H]1CCCN1C(=O)Nc1cccnc1N1CCCCC1. The Kier molecular flexibility index (Phi) is 5.50. The summed E-state index contributed by atoms with van der Waals surface area (Å²) in [5, 5.41) is 3.15. The lowest BCUT2D eigenvalue weighted by molar-refractivity contribution is 0.187. The van der Waals surface area contributed by atoms with E-state index in [9.17, 15) is 4.79 Å². The number of rotatable bonds is 3. The molecule has 0 unspecified atom stereocenters. The molecule has 1 N–H and O–H groups in total. The van der Waals surface area contributed by atoms with Crippen molar-refractivity contribution in [1.29, 1.82) is 0 Å². The molecule has 2 saturated heterocycles. The quantitative estimate of drug-likeness (QED) is 0.878. The van der Waals surface area contributed by atoms with E-state index in [1.165, 1.54) is 19.3 Å². The molecule has 5 heteroatoms. The van der Waals surface area contributed by atoms with Gasteiger partial charge in [0.2, 0.25) is 0 Å². The van der Waals surface area contributed by atoms with Crippen LogP contribution in [0.15, 0.2) is 18.3 Å². The van der Waals surface area contributed by atoms with Crippen molar-refractivity contribution in [3.63, 3.8) is 0 Å². The zero-order valence-electron chi connectivity index (χ0n) is 15.9. The van der Waals surface area contributed by atoms with Gasteiger partial charge in [0.1, 0.15) is 0 Å². The molecule has 2 fully saturated rings. The van der Waals surface area contributed by atoms with Crippen molar-refractivity contribution in [3.8, 4) is 0 Å². The van der Waals surface area contributed by atoms with Gasteiger partial charge in [-0.2, -0.15) is 0 Å². The van der Waals surface area contributed by atoms with Gasteiger partial charge in [-0.3, -0.25) is 0 Å². The van der Waals surface area contributed by atoms with E-state index in [1.807, 2.05) is 23.2 Å². The molecule has 2 amide bonds. The molecular formula is C20H32N4O.